The smallest absolute Gasteiger partial charge is 0.244 e. The van der Waals surface area contributed by atoms with Gasteiger partial charge >= 0.3 is 0 Å². The number of benzene rings is 2. The Balaban J connectivity index is 2.44. The Labute approximate surface area is 201 Å². The van der Waals surface area contributed by atoms with Gasteiger partial charge in [-0.3, -0.25) is 13.9 Å². The van der Waals surface area contributed by atoms with Crippen LogP contribution < -0.4 is 14.4 Å². The van der Waals surface area contributed by atoms with Crippen molar-refractivity contribution in [2.45, 2.75) is 19.5 Å². The molecule has 0 bridgehead atoms. The van der Waals surface area contributed by atoms with Gasteiger partial charge in [-0.2, -0.15) is 0 Å². The number of ether oxygens (including phenoxy) is 1. The van der Waals surface area contributed by atoms with Crippen LogP contribution in [0.2, 0.25) is 5.02 Å². The van der Waals surface area contributed by atoms with Crippen molar-refractivity contribution in [2.75, 3.05) is 31.3 Å². The van der Waals surface area contributed by atoms with Crippen molar-refractivity contribution in [1.29, 1.82) is 0 Å². The minimum Gasteiger partial charge on any atom is -0.495 e. The molecule has 0 aromatic heterocycles. The molecule has 0 saturated heterocycles. The van der Waals surface area contributed by atoms with Gasteiger partial charge in [0.15, 0.2) is 0 Å². The zero-order chi connectivity index (χ0) is 24.1. The summed E-state index contributed by atoms with van der Waals surface area (Å²) in [4.78, 5) is 27.0. The number of amides is 2. The van der Waals surface area contributed by atoms with Gasteiger partial charge in [0.1, 0.15) is 18.3 Å². The summed E-state index contributed by atoms with van der Waals surface area (Å²) in [6.07, 6.45) is 0.988. The number of anilines is 1. The molecule has 0 spiro atoms. The summed E-state index contributed by atoms with van der Waals surface area (Å²) < 4.78 is 32.3. The quantitative estimate of drug-likeness (QED) is 0.522. The van der Waals surface area contributed by atoms with Crippen LogP contribution in [0, 0.1) is 0 Å². The fourth-order valence-electron chi connectivity index (χ4n) is 3.03. The molecule has 0 saturated carbocycles. The summed E-state index contributed by atoms with van der Waals surface area (Å²) in [6.45, 7) is 1.17. The van der Waals surface area contributed by atoms with Crippen LogP contribution in [0.3, 0.4) is 0 Å². The molecule has 1 unspecified atom stereocenters. The predicted molar refractivity (Wildman–Crippen MR) is 128 cm³/mol. The van der Waals surface area contributed by atoms with Crippen molar-refractivity contribution in [2.24, 2.45) is 0 Å². The van der Waals surface area contributed by atoms with Gasteiger partial charge in [0.2, 0.25) is 21.8 Å². The van der Waals surface area contributed by atoms with Crippen LogP contribution >= 0.6 is 27.5 Å². The Kier molecular flexibility index (Phi) is 8.94. The molecule has 0 heterocycles. The van der Waals surface area contributed by atoms with Gasteiger partial charge in [0.05, 0.1) is 19.1 Å². The summed E-state index contributed by atoms with van der Waals surface area (Å²) in [5, 5.41) is 2.81. The van der Waals surface area contributed by atoms with Crippen molar-refractivity contribution in [3.8, 4) is 5.75 Å². The van der Waals surface area contributed by atoms with E-state index in [0.717, 1.165) is 20.6 Å². The first-order valence-electron chi connectivity index (χ1n) is 9.54. The number of nitrogens with one attached hydrogen (secondary N) is 1. The molecule has 0 aliphatic carbocycles. The van der Waals surface area contributed by atoms with Gasteiger partial charge in [-0.05, 0) is 42.8 Å². The Morgan fingerprint density at radius 3 is 2.34 bits per heavy atom. The van der Waals surface area contributed by atoms with Gasteiger partial charge in [0.25, 0.3) is 0 Å². The maximum absolute atomic E-state index is 13.3. The summed E-state index contributed by atoms with van der Waals surface area (Å²) in [5.41, 5.74) is 0.913. The molecule has 8 nitrogen and oxygen atoms in total. The Morgan fingerprint density at radius 2 is 1.81 bits per heavy atom. The molecular weight excluding hydrogens is 522 g/mol. The number of carbonyl (C=O) groups is 2. The molecule has 2 aromatic rings. The summed E-state index contributed by atoms with van der Waals surface area (Å²) in [5.74, 6) is -0.690. The number of hydrogen-bond donors (Lipinski definition) is 1. The molecule has 11 heteroatoms. The number of rotatable bonds is 9. The Hall–Kier alpha value is -2.30. The largest absolute Gasteiger partial charge is 0.495 e. The molecule has 0 radical (unpaired) electrons. The lowest BCUT2D eigenvalue weighted by Crippen LogP contribution is -2.50. The summed E-state index contributed by atoms with van der Waals surface area (Å²) >= 11 is 9.43. The van der Waals surface area contributed by atoms with E-state index in [1.54, 1.807) is 13.0 Å². The van der Waals surface area contributed by atoms with Crippen LogP contribution in [0.25, 0.3) is 0 Å². The van der Waals surface area contributed by atoms with E-state index in [9.17, 15) is 18.0 Å². The van der Waals surface area contributed by atoms with Crippen molar-refractivity contribution < 1.29 is 22.7 Å². The Bertz CT molecular complexity index is 1080. The molecular formula is C21H25BrClN3O5S. The van der Waals surface area contributed by atoms with Crippen LogP contribution in [0.5, 0.6) is 5.75 Å². The van der Waals surface area contributed by atoms with Gasteiger partial charge in [-0.25, -0.2) is 8.42 Å². The van der Waals surface area contributed by atoms with Crippen molar-refractivity contribution in [3.05, 3.63) is 57.5 Å². The van der Waals surface area contributed by atoms with Crippen molar-refractivity contribution >= 4 is 55.1 Å². The van der Waals surface area contributed by atoms with E-state index < -0.39 is 28.5 Å². The average Bonchev–Trinajstić information content (AvgIpc) is 2.75. The normalized spacial score (nSPS) is 12.1. The van der Waals surface area contributed by atoms with Crippen LogP contribution in [0.15, 0.2) is 46.9 Å². The maximum atomic E-state index is 13.3. The molecule has 0 aliphatic rings. The molecule has 1 atom stereocenters. The van der Waals surface area contributed by atoms with Gasteiger partial charge in [-0.15, -0.1) is 0 Å². The maximum Gasteiger partial charge on any atom is 0.244 e. The first-order chi connectivity index (χ1) is 15.0. The van der Waals surface area contributed by atoms with Crippen molar-refractivity contribution in [3.63, 3.8) is 0 Å². The SMILES string of the molecule is CNC(=O)C(C)N(Cc1ccc(Br)cc1)C(=O)CN(c1cc(Cl)ccc1OC)S(C)(=O)=O. The third kappa shape index (κ3) is 6.60. The lowest BCUT2D eigenvalue weighted by Gasteiger charge is -2.31. The fraction of sp³-hybridized carbons (Fsp3) is 0.333. The average molecular weight is 547 g/mol. The Morgan fingerprint density at radius 1 is 1.19 bits per heavy atom. The fourth-order valence-corrected chi connectivity index (χ4v) is 4.31. The number of nitrogens with zero attached hydrogens (tertiary/aromatic N) is 2. The van der Waals surface area contributed by atoms with Gasteiger partial charge in [0, 0.05) is 23.1 Å². The monoisotopic (exact) mass is 545 g/mol. The first-order valence-corrected chi connectivity index (χ1v) is 12.6. The topological polar surface area (TPSA) is 96.0 Å². The number of likely N-dealkylation sites (N-methyl/N-ethyl adjacent to an activating group) is 1. The number of halogens is 2. The second-order valence-electron chi connectivity index (χ2n) is 7.02. The first kappa shape index (κ1) is 26.0. The second kappa shape index (κ2) is 11.0. The molecule has 0 aliphatic heterocycles. The highest BCUT2D eigenvalue weighted by Gasteiger charge is 2.31. The van der Waals surface area contributed by atoms with E-state index in [1.807, 2.05) is 24.3 Å². The lowest BCUT2D eigenvalue weighted by molar-refractivity contribution is -0.139. The number of hydrogen-bond acceptors (Lipinski definition) is 5. The van der Waals surface area contributed by atoms with Gasteiger partial charge < -0.3 is 15.0 Å². The zero-order valence-corrected chi connectivity index (χ0v) is 21.3. The van der Waals surface area contributed by atoms with E-state index in [2.05, 4.69) is 21.2 Å². The second-order valence-corrected chi connectivity index (χ2v) is 10.3. The van der Waals surface area contributed by atoms with E-state index >= 15 is 0 Å². The highest BCUT2D eigenvalue weighted by atomic mass is 79.9. The highest BCUT2D eigenvalue weighted by Crippen LogP contribution is 2.33. The minimum atomic E-state index is -3.89. The number of methoxy groups -OCH3 is 1. The molecule has 2 aromatic carbocycles. The van der Waals surface area contributed by atoms with Crippen LogP contribution in [0.1, 0.15) is 12.5 Å². The van der Waals surface area contributed by atoms with E-state index in [-0.39, 0.29) is 28.9 Å². The standard InChI is InChI=1S/C21H25BrClN3O5S/c1-14(21(28)24-2)25(12-15-5-7-16(22)8-6-15)20(27)13-26(32(4,29)30)18-11-17(23)9-10-19(18)31-3/h5-11,14H,12-13H2,1-4H3,(H,24,28). The summed E-state index contributed by atoms with van der Waals surface area (Å²) in [6, 6.07) is 10.9. The van der Waals surface area contributed by atoms with Crippen molar-refractivity contribution in [1.82, 2.24) is 10.2 Å². The molecule has 174 valence electrons. The number of sulfonamides is 1. The highest BCUT2D eigenvalue weighted by molar-refractivity contribution is 9.10. The van der Waals surface area contributed by atoms with Crippen LogP contribution in [-0.4, -0.2) is 58.1 Å². The van der Waals surface area contributed by atoms with Gasteiger partial charge in [-0.1, -0.05) is 39.7 Å². The predicted octanol–water partition coefficient (Wildman–Crippen LogP) is 3.04. The molecule has 0 fully saturated rings. The third-order valence-electron chi connectivity index (χ3n) is 4.77. The molecule has 1 N–H and O–H groups in total. The van der Waals surface area contributed by atoms with E-state index in [4.69, 9.17) is 16.3 Å². The number of carbonyl (C=O) groups excluding carboxylic acids is 2. The lowest BCUT2D eigenvalue weighted by atomic mass is 10.1. The van der Waals surface area contributed by atoms with E-state index in [1.165, 1.54) is 31.2 Å². The van der Waals surface area contributed by atoms with E-state index in [0.29, 0.717) is 0 Å². The van der Waals surface area contributed by atoms with Crippen LogP contribution in [-0.2, 0) is 26.2 Å². The van der Waals surface area contributed by atoms with Crippen LogP contribution in [0.4, 0.5) is 5.69 Å². The molecule has 32 heavy (non-hydrogen) atoms. The summed E-state index contributed by atoms with van der Waals surface area (Å²) in [7, 11) is -1.02. The third-order valence-corrected chi connectivity index (χ3v) is 6.66. The zero-order valence-electron chi connectivity index (χ0n) is 18.1. The minimum absolute atomic E-state index is 0.116. The molecule has 2 rings (SSSR count). The molecule has 2 amide bonds.